The van der Waals surface area contributed by atoms with Gasteiger partial charge in [0.15, 0.2) is 0 Å². The van der Waals surface area contributed by atoms with Gasteiger partial charge in [0.1, 0.15) is 33.5 Å². The quantitative estimate of drug-likeness (QED) is 0.184. The Kier molecular flexibility index (Phi) is 6.02. The van der Waals surface area contributed by atoms with E-state index in [1.807, 2.05) is 24.3 Å². The van der Waals surface area contributed by atoms with Crippen LogP contribution < -0.4 is 4.90 Å². The molecule has 0 saturated carbocycles. The smallest absolute Gasteiger partial charge is 0.137 e. The molecular formula is C50H29NO3. The van der Waals surface area contributed by atoms with Crippen LogP contribution in [0.1, 0.15) is 0 Å². The number of rotatable bonds is 4. The van der Waals surface area contributed by atoms with E-state index in [0.29, 0.717) is 0 Å². The molecule has 0 aliphatic carbocycles. The van der Waals surface area contributed by atoms with Crippen LogP contribution in [0.3, 0.4) is 0 Å². The van der Waals surface area contributed by atoms with Crippen molar-refractivity contribution in [1.82, 2.24) is 0 Å². The van der Waals surface area contributed by atoms with Crippen LogP contribution in [0.2, 0.25) is 0 Å². The molecule has 0 unspecified atom stereocenters. The van der Waals surface area contributed by atoms with Crippen molar-refractivity contribution < 1.29 is 13.3 Å². The Morgan fingerprint density at radius 2 is 0.815 bits per heavy atom. The van der Waals surface area contributed by atoms with Gasteiger partial charge in [-0.1, -0.05) is 91.0 Å². The summed E-state index contributed by atoms with van der Waals surface area (Å²) in [7, 11) is 0. The zero-order valence-electron chi connectivity index (χ0n) is 28.9. The van der Waals surface area contributed by atoms with E-state index >= 15 is 0 Å². The Morgan fingerprint density at radius 1 is 0.278 bits per heavy atom. The van der Waals surface area contributed by atoms with Crippen LogP contribution >= 0.6 is 0 Å². The molecule has 252 valence electrons. The van der Waals surface area contributed by atoms with E-state index in [0.717, 1.165) is 94.0 Å². The van der Waals surface area contributed by atoms with Crippen LogP contribution in [-0.4, -0.2) is 0 Å². The second kappa shape index (κ2) is 11.1. The summed E-state index contributed by atoms with van der Waals surface area (Å²) in [6, 6.07) is 62.0. The average Bonchev–Trinajstić information content (AvgIpc) is 3.90. The molecule has 4 heteroatoms. The first-order chi connectivity index (χ1) is 26.7. The summed E-state index contributed by atoms with van der Waals surface area (Å²) in [5, 5.41) is 11.5. The maximum absolute atomic E-state index is 6.54. The summed E-state index contributed by atoms with van der Waals surface area (Å²) >= 11 is 0. The number of benzene rings is 9. The van der Waals surface area contributed by atoms with Crippen molar-refractivity contribution in [2.45, 2.75) is 0 Å². The van der Waals surface area contributed by atoms with Gasteiger partial charge in [-0.05, 0) is 105 Å². The van der Waals surface area contributed by atoms with Crippen molar-refractivity contribution in [2.75, 3.05) is 4.90 Å². The fraction of sp³-hybridized carbons (Fsp3) is 0. The predicted molar refractivity (Wildman–Crippen MR) is 223 cm³/mol. The number of para-hydroxylation sites is 2. The highest BCUT2D eigenvalue weighted by molar-refractivity contribution is 6.19. The monoisotopic (exact) mass is 691 g/mol. The van der Waals surface area contributed by atoms with Crippen molar-refractivity contribution >= 4 is 104 Å². The van der Waals surface area contributed by atoms with Crippen LogP contribution in [0.4, 0.5) is 17.1 Å². The SMILES string of the molecule is c1ccc2cc3c(cc2c1)oc1cc(N(c2ccc(-c4ccc5ccc6oc7ccccc7c6c5c4)cc2)c2ccc4c(c2)oc2ccccc24)ccc13. The number of hydrogen-bond donors (Lipinski definition) is 0. The van der Waals surface area contributed by atoms with Gasteiger partial charge in [0.2, 0.25) is 0 Å². The summed E-state index contributed by atoms with van der Waals surface area (Å²) in [5.41, 5.74) is 10.6. The highest BCUT2D eigenvalue weighted by atomic mass is 16.3. The van der Waals surface area contributed by atoms with Crippen LogP contribution in [0.5, 0.6) is 0 Å². The summed E-state index contributed by atoms with van der Waals surface area (Å²) in [4.78, 5) is 2.28. The summed E-state index contributed by atoms with van der Waals surface area (Å²) < 4.78 is 19.1. The molecular weight excluding hydrogens is 663 g/mol. The third-order valence-corrected chi connectivity index (χ3v) is 11.0. The minimum absolute atomic E-state index is 0.846. The minimum Gasteiger partial charge on any atom is -0.456 e. The number of fused-ring (bicyclic) bond motifs is 12. The van der Waals surface area contributed by atoms with Gasteiger partial charge in [0, 0.05) is 61.5 Å². The fourth-order valence-corrected chi connectivity index (χ4v) is 8.42. The molecule has 0 aliphatic rings. The standard InChI is InChI=1S/C50H29NO3/c1-2-8-33-27-47-43(26-32(33)7-1)40-23-21-37(29-49(40)54-47)51(36-20-22-39-38-9-3-5-11-44(38)53-48(39)28-36)35-18-15-30(16-19-35)34-14-13-31-17-24-46-50(42(31)25-34)41-10-4-6-12-45(41)52-46/h1-29H. The molecule has 0 amide bonds. The number of furan rings is 3. The van der Waals surface area contributed by atoms with E-state index in [9.17, 15) is 0 Å². The van der Waals surface area contributed by atoms with Crippen molar-refractivity contribution in [2.24, 2.45) is 0 Å². The van der Waals surface area contributed by atoms with Crippen LogP contribution in [0.15, 0.2) is 189 Å². The molecule has 3 aromatic heterocycles. The van der Waals surface area contributed by atoms with E-state index in [1.165, 1.54) is 21.5 Å². The lowest BCUT2D eigenvalue weighted by Gasteiger charge is -2.25. The zero-order chi connectivity index (χ0) is 35.3. The molecule has 0 atom stereocenters. The van der Waals surface area contributed by atoms with E-state index in [2.05, 4.69) is 157 Å². The largest absolute Gasteiger partial charge is 0.456 e. The number of nitrogens with zero attached hydrogens (tertiary/aromatic N) is 1. The molecule has 0 bridgehead atoms. The normalized spacial score (nSPS) is 12.1. The Balaban J connectivity index is 1.01. The lowest BCUT2D eigenvalue weighted by Crippen LogP contribution is -2.09. The summed E-state index contributed by atoms with van der Waals surface area (Å²) in [6.45, 7) is 0. The molecule has 0 fully saturated rings. The maximum atomic E-state index is 6.54. The molecule has 0 spiro atoms. The molecule has 54 heavy (non-hydrogen) atoms. The first kappa shape index (κ1) is 29.3. The molecule has 0 N–H and O–H groups in total. The highest BCUT2D eigenvalue weighted by Gasteiger charge is 2.19. The van der Waals surface area contributed by atoms with Crippen LogP contribution in [-0.2, 0) is 0 Å². The molecule has 0 radical (unpaired) electrons. The van der Waals surface area contributed by atoms with Gasteiger partial charge < -0.3 is 18.2 Å². The average molecular weight is 692 g/mol. The van der Waals surface area contributed by atoms with Crippen molar-refractivity contribution in [3.63, 3.8) is 0 Å². The van der Waals surface area contributed by atoms with Crippen LogP contribution in [0.25, 0.3) is 98.5 Å². The Labute approximate surface area is 308 Å². The molecule has 3 heterocycles. The highest BCUT2D eigenvalue weighted by Crippen LogP contribution is 2.42. The molecule has 9 aromatic carbocycles. The lowest BCUT2D eigenvalue weighted by molar-refractivity contribution is 0.668. The van der Waals surface area contributed by atoms with E-state index in [-0.39, 0.29) is 0 Å². The number of hydrogen-bond acceptors (Lipinski definition) is 4. The van der Waals surface area contributed by atoms with Gasteiger partial charge in [0.25, 0.3) is 0 Å². The van der Waals surface area contributed by atoms with Gasteiger partial charge >= 0.3 is 0 Å². The molecule has 0 saturated heterocycles. The van der Waals surface area contributed by atoms with E-state index in [1.54, 1.807) is 0 Å². The van der Waals surface area contributed by atoms with Crippen molar-refractivity contribution in [1.29, 1.82) is 0 Å². The van der Waals surface area contributed by atoms with E-state index in [4.69, 9.17) is 13.3 Å². The second-order valence-corrected chi connectivity index (χ2v) is 14.1. The van der Waals surface area contributed by atoms with Crippen LogP contribution in [0, 0.1) is 0 Å². The third kappa shape index (κ3) is 4.37. The first-order valence-corrected chi connectivity index (χ1v) is 18.2. The Bertz CT molecular complexity index is 3450. The maximum Gasteiger partial charge on any atom is 0.137 e. The van der Waals surface area contributed by atoms with Gasteiger partial charge in [0.05, 0.1) is 0 Å². The zero-order valence-corrected chi connectivity index (χ0v) is 28.9. The Hall–Kier alpha value is -7.30. The third-order valence-electron chi connectivity index (χ3n) is 11.0. The molecule has 0 aliphatic heterocycles. The molecule has 12 aromatic rings. The molecule has 4 nitrogen and oxygen atoms in total. The predicted octanol–water partition coefficient (Wildman–Crippen LogP) is 14.8. The Morgan fingerprint density at radius 3 is 1.59 bits per heavy atom. The summed E-state index contributed by atoms with van der Waals surface area (Å²) in [5.74, 6) is 0. The fourth-order valence-electron chi connectivity index (χ4n) is 8.42. The van der Waals surface area contributed by atoms with Gasteiger partial charge in [-0.2, -0.15) is 0 Å². The minimum atomic E-state index is 0.846. The topological polar surface area (TPSA) is 42.7 Å². The lowest BCUT2D eigenvalue weighted by atomic mass is 9.98. The van der Waals surface area contributed by atoms with Gasteiger partial charge in [-0.25, -0.2) is 0 Å². The van der Waals surface area contributed by atoms with Crippen molar-refractivity contribution in [3.05, 3.63) is 176 Å². The van der Waals surface area contributed by atoms with Crippen molar-refractivity contribution in [3.8, 4) is 11.1 Å². The van der Waals surface area contributed by atoms with Gasteiger partial charge in [-0.3, -0.25) is 0 Å². The first-order valence-electron chi connectivity index (χ1n) is 18.2. The number of anilines is 3. The summed E-state index contributed by atoms with van der Waals surface area (Å²) in [6.07, 6.45) is 0. The second-order valence-electron chi connectivity index (χ2n) is 14.1. The van der Waals surface area contributed by atoms with Gasteiger partial charge in [-0.15, -0.1) is 0 Å². The molecule has 12 rings (SSSR count). The van der Waals surface area contributed by atoms with E-state index < -0.39 is 0 Å².